The fourth-order valence-electron chi connectivity index (χ4n) is 3.94. The van der Waals surface area contributed by atoms with Gasteiger partial charge in [-0.25, -0.2) is 0 Å². The van der Waals surface area contributed by atoms with E-state index in [1.165, 1.54) is 6.42 Å². The van der Waals surface area contributed by atoms with Gasteiger partial charge in [-0.05, 0) is 43.5 Å². The van der Waals surface area contributed by atoms with Crippen LogP contribution in [0.2, 0.25) is 0 Å². The summed E-state index contributed by atoms with van der Waals surface area (Å²) in [6, 6.07) is 7.70. The molecule has 2 fully saturated rings. The molecule has 0 bridgehead atoms. The minimum absolute atomic E-state index is 0.106. The zero-order valence-corrected chi connectivity index (χ0v) is 18.4. The number of nitrogens with zero attached hydrogens (tertiary/aromatic N) is 2. The Bertz CT molecular complexity index is 791. The lowest BCUT2D eigenvalue weighted by Gasteiger charge is -2.26. The molecule has 1 aromatic carbocycles. The number of amides is 1. The van der Waals surface area contributed by atoms with Gasteiger partial charge in [-0.3, -0.25) is 9.69 Å². The van der Waals surface area contributed by atoms with Gasteiger partial charge >= 0.3 is 0 Å². The van der Waals surface area contributed by atoms with Gasteiger partial charge in [0.2, 0.25) is 0 Å². The Balaban J connectivity index is 1.63. The summed E-state index contributed by atoms with van der Waals surface area (Å²) in [6.45, 7) is 7.18. The standard InChI is InChI=1S/C24H33N3O4/c1-2-30-23-17-19(8-9-22(23)31-15-12-27-10-13-29-14-11-27)16-20(18-25)24(28)26-21-6-4-3-5-7-21/h8-9,16-17,21H,2-7,10-15H2,1H3,(H,26,28)/b20-16+. The number of benzene rings is 1. The molecule has 7 heteroatoms. The summed E-state index contributed by atoms with van der Waals surface area (Å²) >= 11 is 0. The molecule has 1 saturated heterocycles. The van der Waals surface area contributed by atoms with Gasteiger partial charge in [-0.1, -0.05) is 25.3 Å². The van der Waals surface area contributed by atoms with Crippen molar-refractivity contribution in [1.82, 2.24) is 10.2 Å². The molecule has 3 rings (SSSR count). The lowest BCUT2D eigenvalue weighted by Crippen LogP contribution is -2.38. The lowest BCUT2D eigenvalue weighted by molar-refractivity contribution is -0.117. The summed E-state index contributed by atoms with van der Waals surface area (Å²) in [6.07, 6.45) is 7.04. The number of nitrogens with one attached hydrogen (secondary N) is 1. The molecule has 0 unspecified atom stereocenters. The van der Waals surface area contributed by atoms with Crippen LogP contribution < -0.4 is 14.8 Å². The van der Waals surface area contributed by atoms with Gasteiger partial charge in [0.25, 0.3) is 5.91 Å². The lowest BCUT2D eigenvalue weighted by atomic mass is 9.95. The van der Waals surface area contributed by atoms with E-state index in [2.05, 4.69) is 10.2 Å². The maximum atomic E-state index is 12.5. The van der Waals surface area contributed by atoms with E-state index < -0.39 is 0 Å². The Hall–Kier alpha value is -2.56. The Morgan fingerprint density at radius 2 is 2.00 bits per heavy atom. The van der Waals surface area contributed by atoms with Crippen molar-refractivity contribution in [2.45, 2.75) is 45.1 Å². The van der Waals surface area contributed by atoms with E-state index in [0.29, 0.717) is 24.7 Å². The normalized spacial score (nSPS) is 18.3. The molecule has 1 aromatic rings. The van der Waals surface area contributed by atoms with Crippen LogP contribution >= 0.6 is 0 Å². The van der Waals surface area contributed by atoms with Crippen LogP contribution in [-0.2, 0) is 9.53 Å². The van der Waals surface area contributed by atoms with Gasteiger partial charge in [-0.2, -0.15) is 5.26 Å². The number of ether oxygens (including phenoxy) is 3. The monoisotopic (exact) mass is 427 g/mol. The third-order valence-electron chi connectivity index (χ3n) is 5.65. The summed E-state index contributed by atoms with van der Waals surface area (Å²) in [4.78, 5) is 14.9. The van der Waals surface area contributed by atoms with Crippen molar-refractivity contribution >= 4 is 12.0 Å². The van der Waals surface area contributed by atoms with E-state index in [1.54, 1.807) is 6.08 Å². The van der Waals surface area contributed by atoms with Gasteiger partial charge in [-0.15, -0.1) is 0 Å². The van der Waals surface area contributed by atoms with E-state index in [9.17, 15) is 10.1 Å². The topological polar surface area (TPSA) is 83.8 Å². The molecule has 31 heavy (non-hydrogen) atoms. The minimum Gasteiger partial charge on any atom is -0.490 e. The molecule has 1 amide bonds. The van der Waals surface area contributed by atoms with Gasteiger partial charge in [0, 0.05) is 25.7 Å². The molecule has 1 N–H and O–H groups in total. The van der Waals surface area contributed by atoms with Gasteiger partial charge in [0.05, 0.1) is 19.8 Å². The molecule has 0 spiro atoms. The molecule has 1 saturated carbocycles. The van der Waals surface area contributed by atoms with Gasteiger partial charge in [0.1, 0.15) is 18.2 Å². The van der Waals surface area contributed by atoms with Crippen LogP contribution in [0.1, 0.15) is 44.6 Å². The van der Waals surface area contributed by atoms with Crippen LogP contribution in [0.25, 0.3) is 6.08 Å². The maximum Gasteiger partial charge on any atom is 0.262 e. The number of hydrogen-bond acceptors (Lipinski definition) is 6. The molecule has 0 atom stereocenters. The van der Waals surface area contributed by atoms with E-state index in [0.717, 1.165) is 64.1 Å². The second-order valence-electron chi connectivity index (χ2n) is 7.92. The number of carbonyl (C=O) groups is 1. The van der Waals surface area contributed by atoms with Crippen molar-refractivity contribution < 1.29 is 19.0 Å². The summed E-state index contributed by atoms with van der Waals surface area (Å²) in [7, 11) is 0. The Morgan fingerprint density at radius 3 is 2.71 bits per heavy atom. The fraction of sp³-hybridized carbons (Fsp3) is 0.583. The number of rotatable bonds is 9. The molecule has 0 radical (unpaired) electrons. The fourth-order valence-corrected chi connectivity index (χ4v) is 3.94. The predicted molar refractivity (Wildman–Crippen MR) is 119 cm³/mol. The molecule has 2 aliphatic rings. The van der Waals surface area contributed by atoms with Crippen molar-refractivity contribution in [3.63, 3.8) is 0 Å². The van der Waals surface area contributed by atoms with Crippen LogP contribution in [0.4, 0.5) is 0 Å². The van der Waals surface area contributed by atoms with Crippen molar-refractivity contribution in [3.05, 3.63) is 29.3 Å². The predicted octanol–water partition coefficient (Wildman–Crippen LogP) is 3.15. The van der Waals surface area contributed by atoms with Gasteiger partial charge in [0.15, 0.2) is 11.5 Å². The van der Waals surface area contributed by atoms with Crippen LogP contribution in [-0.4, -0.2) is 62.9 Å². The molecular weight excluding hydrogens is 394 g/mol. The first kappa shape index (κ1) is 23.1. The Kier molecular flexibility index (Phi) is 9.19. The Labute approximate surface area is 185 Å². The molecule has 1 aliphatic carbocycles. The molecule has 1 heterocycles. The maximum absolute atomic E-state index is 12.5. The quantitative estimate of drug-likeness (QED) is 0.481. The Morgan fingerprint density at radius 1 is 1.23 bits per heavy atom. The molecule has 0 aromatic heterocycles. The zero-order chi connectivity index (χ0) is 21.9. The highest BCUT2D eigenvalue weighted by Crippen LogP contribution is 2.29. The van der Waals surface area contributed by atoms with Gasteiger partial charge < -0.3 is 19.5 Å². The van der Waals surface area contributed by atoms with Crippen LogP contribution in [0.15, 0.2) is 23.8 Å². The van der Waals surface area contributed by atoms with Crippen molar-refractivity contribution in [3.8, 4) is 17.6 Å². The van der Waals surface area contributed by atoms with Crippen LogP contribution in [0.5, 0.6) is 11.5 Å². The van der Waals surface area contributed by atoms with E-state index >= 15 is 0 Å². The van der Waals surface area contributed by atoms with Crippen LogP contribution in [0, 0.1) is 11.3 Å². The number of nitriles is 1. The first-order valence-corrected chi connectivity index (χ1v) is 11.3. The molecular formula is C24H33N3O4. The third kappa shape index (κ3) is 7.27. The zero-order valence-electron chi connectivity index (χ0n) is 18.4. The average Bonchev–Trinajstić information content (AvgIpc) is 2.80. The molecule has 168 valence electrons. The first-order valence-electron chi connectivity index (χ1n) is 11.3. The SMILES string of the molecule is CCOc1cc(/C=C(\C#N)C(=O)NC2CCCCC2)ccc1OCCN1CCOCC1. The van der Waals surface area contributed by atoms with E-state index in [1.807, 2.05) is 31.2 Å². The largest absolute Gasteiger partial charge is 0.490 e. The first-order chi connectivity index (χ1) is 15.2. The average molecular weight is 428 g/mol. The summed E-state index contributed by atoms with van der Waals surface area (Å²) in [5, 5.41) is 12.5. The number of carbonyl (C=O) groups excluding carboxylic acids is 1. The third-order valence-corrected chi connectivity index (χ3v) is 5.65. The number of hydrogen-bond donors (Lipinski definition) is 1. The van der Waals surface area contributed by atoms with Crippen molar-refractivity contribution in [2.24, 2.45) is 0 Å². The number of morpholine rings is 1. The molecule has 1 aliphatic heterocycles. The van der Waals surface area contributed by atoms with Crippen molar-refractivity contribution in [2.75, 3.05) is 46.1 Å². The second-order valence-corrected chi connectivity index (χ2v) is 7.92. The van der Waals surface area contributed by atoms with E-state index in [-0.39, 0.29) is 17.5 Å². The summed E-state index contributed by atoms with van der Waals surface area (Å²) in [5.74, 6) is 0.971. The highest BCUT2D eigenvalue weighted by Gasteiger charge is 2.18. The van der Waals surface area contributed by atoms with Crippen molar-refractivity contribution in [1.29, 1.82) is 5.26 Å². The smallest absolute Gasteiger partial charge is 0.262 e. The van der Waals surface area contributed by atoms with Crippen LogP contribution in [0.3, 0.4) is 0 Å². The summed E-state index contributed by atoms with van der Waals surface area (Å²) < 4.78 is 17.1. The second kappa shape index (κ2) is 12.3. The molecule has 7 nitrogen and oxygen atoms in total. The minimum atomic E-state index is -0.307. The van der Waals surface area contributed by atoms with E-state index in [4.69, 9.17) is 14.2 Å². The highest BCUT2D eigenvalue weighted by atomic mass is 16.5. The highest BCUT2D eigenvalue weighted by molar-refractivity contribution is 6.01. The summed E-state index contributed by atoms with van der Waals surface area (Å²) in [5.41, 5.74) is 0.841.